The number of halogens is 2. The van der Waals surface area contributed by atoms with E-state index >= 15 is 0 Å². The predicted molar refractivity (Wildman–Crippen MR) is 91.4 cm³/mol. The first kappa shape index (κ1) is 20.0. The molecule has 0 bridgehead atoms. The van der Waals surface area contributed by atoms with Crippen molar-refractivity contribution in [3.63, 3.8) is 0 Å². The van der Waals surface area contributed by atoms with Crippen molar-refractivity contribution in [1.29, 1.82) is 0 Å². The topological polar surface area (TPSA) is 102 Å². The van der Waals surface area contributed by atoms with E-state index in [1.54, 1.807) is 6.20 Å². The van der Waals surface area contributed by atoms with Gasteiger partial charge in [-0.15, -0.1) is 0 Å². The molecule has 0 amide bonds. The van der Waals surface area contributed by atoms with Gasteiger partial charge in [0.2, 0.25) is 0 Å². The number of hydrogen-bond donors (Lipinski definition) is 2. The number of unbranched alkanes of at least 4 members (excludes halogenated alkanes) is 1. The molecule has 0 saturated carbocycles. The van der Waals surface area contributed by atoms with Gasteiger partial charge in [-0.25, -0.2) is 14.6 Å². The van der Waals surface area contributed by atoms with E-state index < -0.39 is 11.9 Å². The average molecular weight is 420 g/mol. The van der Waals surface area contributed by atoms with Crippen LogP contribution in [0, 0.1) is 0 Å². The second-order valence-corrected chi connectivity index (χ2v) is 5.83. The van der Waals surface area contributed by atoms with Gasteiger partial charge >= 0.3 is 11.9 Å². The van der Waals surface area contributed by atoms with E-state index in [2.05, 4.69) is 25.5 Å². The summed E-state index contributed by atoms with van der Waals surface area (Å²) < 4.78 is 8.64. The van der Waals surface area contributed by atoms with Crippen LogP contribution in [0.2, 0.25) is 5.02 Å². The molecule has 0 aliphatic heterocycles. The molecule has 0 aliphatic rings. The van der Waals surface area contributed by atoms with Gasteiger partial charge < -0.3 is 19.5 Å². The van der Waals surface area contributed by atoms with E-state index in [-0.39, 0.29) is 0 Å². The summed E-state index contributed by atoms with van der Waals surface area (Å²) in [6.07, 6.45) is 7.67. The monoisotopic (exact) mass is 418 g/mol. The second kappa shape index (κ2) is 10.7. The Kier molecular flexibility index (Phi) is 8.88. The second-order valence-electron chi connectivity index (χ2n) is 4.54. The lowest BCUT2D eigenvalue weighted by molar-refractivity contribution is -0.159. The highest BCUT2D eigenvalue weighted by molar-refractivity contribution is 9.10. The number of rotatable bonds is 6. The Morgan fingerprint density at radius 3 is 2.50 bits per heavy atom. The summed E-state index contributed by atoms with van der Waals surface area (Å²) >= 11 is 9.29. The molecule has 1 aromatic heterocycles. The Morgan fingerprint density at radius 1 is 1.25 bits per heavy atom. The minimum atomic E-state index is -1.82. The lowest BCUT2D eigenvalue weighted by atomic mass is 10.3. The molecule has 0 aliphatic carbocycles. The van der Waals surface area contributed by atoms with Crippen molar-refractivity contribution >= 4 is 39.5 Å². The molecule has 9 heteroatoms. The van der Waals surface area contributed by atoms with Crippen molar-refractivity contribution in [2.24, 2.45) is 0 Å². The van der Waals surface area contributed by atoms with Crippen LogP contribution in [-0.2, 0) is 16.1 Å². The maximum atomic E-state index is 9.10. The van der Waals surface area contributed by atoms with E-state index in [1.807, 2.05) is 30.7 Å². The van der Waals surface area contributed by atoms with Crippen LogP contribution in [-0.4, -0.2) is 38.3 Å². The van der Waals surface area contributed by atoms with Gasteiger partial charge in [0.1, 0.15) is 5.75 Å². The molecule has 0 atom stereocenters. The fraction of sp³-hybridized carbons (Fsp3) is 0.267. The van der Waals surface area contributed by atoms with E-state index in [4.69, 9.17) is 36.1 Å². The number of benzene rings is 1. The van der Waals surface area contributed by atoms with Gasteiger partial charge in [0, 0.05) is 24.0 Å². The van der Waals surface area contributed by atoms with Gasteiger partial charge in [-0.05, 0) is 47.0 Å². The first-order valence-corrected chi connectivity index (χ1v) is 8.07. The van der Waals surface area contributed by atoms with Gasteiger partial charge in [-0.1, -0.05) is 11.6 Å². The van der Waals surface area contributed by atoms with Crippen LogP contribution in [0.4, 0.5) is 0 Å². The van der Waals surface area contributed by atoms with Crippen molar-refractivity contribution in [2.75, 3.05) is 6.61 Å². The summed E-state index contributed by atoms with van der Waals surface area (Å²) in [6.45, 7) is 1.68. The molecule has 0 spiro atoms. The number of ether oxygens (including phenoxy) is 1. The standard InChI is InChI=1S/C13H14BrClN2O.C2H2O4/c14-12-9-11(15)3-4-13(12)18-8-2-1-6-17-7-5-16-10-17;3-1(4)2(5)6/h3-5,7,9-10H,1-2,6,8H2;(H,3,4)(H,5,6). The molecule has 0 fully saturated rings. The number of aliphatic carboxylic acids is 2. The Labute approximate surface area is 152 Å². The van der Waals surface area contributed by atoms with E-state index in [0.29, 0.717) is 11.6 Å². The van der Waals surface area contributed by atoms with Crippen molar-refractivity contribution < 1.29 is 24.5 Å². The minimum absolute atomic E-state index is 0.703. The highest BCUT2D eigenvalue weighted by Crippen LogP contribution is 2.28. The molecule has 0 saturated heterocycles. The van der Waals surface area contributed by atoms with Crippen molar-refractivity contribution in [2.45, 2.75) is 19.4 Å². The van der Waals surface area contributed by atoms with Crippen LogP contribution in [0.3, 0.4) is 0 Å². The average Bonchev–Trinajstić information content (AvgIpc) is 3.02. The molecule has 7 nitrogen and oxygen atoms in total. The Hall–Kier alpha value is -2.06. The van der Waals surface area contributed by atoms with Gasteiger partial charge in [0.05, 0.1) is 17.4 Å². The number of carboxylic acid groups (broad SMARTS) is 2. The molecule has 0 radical (unpaired) electrons. The molecular formula is C15H16BrClN2O5. The summed E-state index contributed by atoms with van der Waals surface area (Å²) in [6, 6.07) is 5.54. The highest BCUT2D eigenvalue weighted by Gasteiger charge is 2.04. The number of carbonyl (C=O) groups is 2. The Morgan fingerprint density at radius 2 is 1.96 bits per heavy atom. The number of hydrogen-bond acceptors (Lipinski definition) is 4. The first-order valence-electron chi connectivity index (χ1n) is 6.90. The van der Waals surface area contributed by atoms with Gasteiger partial charge in [-0.3, -0.25) is 0 Å². The quantitative estimate of drug-likeness (QED) is 0.550. The predicted octanol–water partition coefficient (Wildman–Crippen LogP) is 3.31. The molecule has 130 valence electrons. The van der Waals surface area contributed by atoms with Crippen LogP contribution in [0.25, 0.3) is 0 Å². The molecule has 1 heterocycles. The Bertz CT molecular complexity index is 652. The van der Waals surface area contributed by atoms with Crippen molar-refractivity contribution in [3.8, 4) is 5.75 Å². The van der Waals surface area contributed by atoms with Crippen LogP contribution in [0.5, 0.6) is 5.75 Å². The third-order valence-corrected chi connectivity index (χ3v) is 3.56. The summed E-state index contributed by atoms with van der Waals surface area (Å²) in [7, 11) is 0. The fourth-order valence-corrected chi connectivity index (χ4v) is 2.39. The summed E-state index contributed by atoms with van der Waals surface area (Å²) in [5.74, 6) is -2.81. The number of carboxylic acids is 2. The van der Waals surface area contributed by atoms with Gasteiger partial charge in [-0.2, -0.15) is 0 Å². The van der Waals surface area contributed by atoms with Gasteiger partial charge in [0.15, 0.2) is 0 Å². The maximum absolute atomic E-state index is 9.10. The smallest absolute Gasteiger partial charge is 0.414 e. The zero-order valence-electron chi connectivity index (χ0n) is 12.6. The maximum Gasteiger partial charge on any atom is 0.414 e. The SMILES string of the molecule is Clc1ccc(OCCCCn2ccnc2)c(Br)c1.O=C(O)C(=O)O. The third-order valence-electron chi connectivity index (χ3n) is 2.70. The molecule has 0 unspecified atom stereocenters. The fourth-order valence-electron chi connectivity index (χ4n) is 1.59. The summed E-state index contributed by atoms with van der Waals surface area (Å²) in [4.78, 5) is 22.2. The minimum Gasteiger partial charge on any atom is -0.492 e. The molecular weight excluding hydrogens is 404 g/mol. The van der Waals surface area contributed by atoms with Crippen LogP contribution in [0.15, 0.2) is 41.4 Å². The molecule has 2 aromatic rings. The first-order chi connectivity index (χ1) is 11.4. The van der Waals surface area contributed by atoms with E-state index in [1.165, 1.54) is 0 Å². The summed E-state index contributed by atoms with van der Waals surface area (Å²) in [5.41, 5.74) is 0. The molecule has 2 rings (SSSR count). The van der Waals surface area contributed by atoms with Gasteiger partial charge in [0.25, 0.3) is 0 Å². The number of nitrogens with zero attached hydrogens (tertiary/aromatic N) is 2. The lowest BCUT2D eigenvalue weighted by Crippen LogP contribution is -2.09. The largest absolute Gasteiger partial charge is 0.492 e. The number of aromatic nitrogens is 2. The van der Waals surface area contributed by atoms with Crippen LogP contribution >= 0.6 is 27.5 Å². The number of aryl methyl sites for hydroxylation is 1. The molecule has 2 N–H and O–H groups in total. The number of imidazole rings is 1. The van der Waals surface area contributed by atoms with E-state index in [9.17, 15) is 0 Å². The molecule has 1 aromatic carbocycles. The zero-order valence-corrected chi connectivity index (χ0v) is 14.9. The Balaban J connectivity index is 0.000000413. The normalized spacial score (nSPS) is 9.75. The summed E-state index contributed by atoms with van der Waals surface area (Å²) in [5, 5.41) is 15.5. The van der Waals surface area contributed by atoms with Crippen molar-refractivity contribution in [3.05, 3.63) is 46.4 Å². The van der Waals surface area contributed by atoms with Crippen molar-refractivity contribution in [1.82, 2.24) is 9.55 Å². The lowest BCUT2D eigenvalue weighted by Gasteiger charge is -2.08. The van der Waals surface area contributed by atoms with Crippen LogP contribution in [0.1, 0.15) is 12.8 Å². The highest BCUT2D eigenvalue weighted by atomic mass is 79.9. The zero-order chi connectivity index (χ0) is 17.9. The van der Waals surface area contributed by atoms with E-state index in [0.717, 1.165) is 29.6 Å². The third kappa shape index (κ3) is 7.98. The molecule has 24 heavy (non-hydrogen) atoms. The van der Waals surface area contributed by atoms with Crippen LogP contribution < -0.4 is 4.74 Å².